The molecule has 7 nitrogen and oxygen atoms in total. The predicted molar refractivity (Wildman–Crippen MR) is 125 cm³/mol. The summed E-state index contributed by atoms with van der Waals surface area (Å²) in [6, 6.07) is 19.1. The van der Waals surface area contributed by atoms with Crippen LogP contribution in [0.5, 0.6) is 5.75 Å². The maximum absolute atomic E-state index is 13.2. The number of amides is 1. The van der Waals surface area contributed by atoms with Gasteiger partial charge in [-0.25, -0.2) is 12.8 Å². The summed E-state index contributed by atoms with van der Waals surface area (Å²) < 4.78 is 46.1. The van der Waals surface area contributed by atoms with Crippen molar-refractivity contribution in [2.24, 2.45) is 0 Å². The van der Waals surface area contributed by atoms with Gasteiger partial charge in [0.25, 0.3) is 5.91 Å². The molecule has 0 spiro atoms. The molecular weight excluding hydrogens is 445 g/mol. The molecule has 0 atom stereocenters. The van der Waals surface area contributed by atoms with Gasteiger partial charge in [0, 0.05) is 49.2 Å². The molecule has 0 radical (unpaired) electrons. The molecule has 0 saturated carbocycles. The number of carbonyl (C=O) groups excluding carboxylic acids is 1. The van der Waals surface area contributed by atoms with Crippen molar-refractivity contribution in [1.29, 1.82) is 0 Å². The largest absolute Gasteiger partial charge is 0.497 e. The van der Waals surface area contributed by atoms with Crippen LogP contribution in [0.3, 0.4) is 0 Å². The van der Waals surface area contributed by atoms with Crippen LogP contribution in [0.25, 0.3) is 0 Å². The van der Waals surface area contributed by atoms with Crippen LogP contribution < -0.4 is 15.0 Å². The highest BCUT2D eigenvalue weighted by Gasteiger charge is 2.29. The summed E-state index contributed by atoms with van der Waals surface area (Å²) in [6.45, 7) is 1.56. The summed E-state index contributed by atoms with van der Waals surface area (Å²) in [5, 5.41) is 2.76. The summed E-state index contributed by atoms with van der Waals surface area (Å²) in [7, 11) is -2.23. The predicted octanol–water partition coefficient (Wildman–Crippen LogP) is 3.60. The quantitative estimate of drug-likeness (QED) is 0.597. The van der Waals surface area contributed by atoms with Crippen molar-refractivity contribution < 1.29 is 22.3 Å². The first kappa shape index (κ1) is 22.8. The van der Waals surface area contributed by atoms with E-state index in [1.54, 1.807) is 48.5 Å². The average molecular weight is 470 g/mol. The number of nitrogens with zero attached hydrogens (tertiary/aromatic N) is 2. The van der Waals surface area contributed by atoms with E-state index >= 15 is 0 Å². The van der Waals surface area contributed by atoms with Crippen LogP contribution in [0.15, 0.2) is 77.7 Å². The van der Waals surface area contributed by atoms with Gasteiger partial charge in [-0.3, -0.25) is 4.79 Å². The number of rotatable bonds is 6. The lowest BCUT2D eigenvalue weighted by Crippen LogP contribution is -2.48. The van der Waals surface area contributed by atoms with Crippen molar-refractivity contribution in [1.82, 2.24) is 4.31 Å². The van der Waals surface area contributed by atoms with Crippen LogP contribution in [-0.4, -0.2) is 51.9 Å². The Morgan fingerprint density at radius 2 is 1.64 bits per heavy atom. The Kier molecular flexibility index (Phi) is 6.62. The van der Waals surface area contributed by atoms with Crippen LogP contribution in [0.1, 0.15) is 10.4 Å². The summed E-state index contributed by atoms with van der Waals surface area (Å²) in [5.41, 5.74) is 1.64. The second-order valence-corrected chi connectivity index (χ2v) is 9.52. The van der Waals surface area contributed by atoms with E-state index in [0.29, 0.717) is 37.6 Å². The Bertz CT molecular complexity index is 1240. The van der Waals surface area contributed by atoms with Crippen LogP contribution in [0, 0.1) is 5.82 Å². The highest BCUT2D eigenvalue weighted by molar-refractivity contribution is 7.89. The van der Waals surface area contributed by atoms with E-state index in [1.165, 1.54) is 35.7 Å². The van der Waals surface area contributed by atoms with Crippen LogP contribution in [-0.2, 0) is 10.0 Å². The number of methoxy groups -OCH3 is 1. The minimum Gasteiger partial charge on any atom is -0.497 e. The van der Waals surface area contributed by atoms with Gasteiger partial charge >= 0.3 is 0 Å². The molecule has 0 unspecified atom stereocenters. The molecule has 1 fully saturated rings. The Morgan fingerprint density at radius 1 is 0.939 bits per heavy atom. The summed E-state index contributed by atoms with van der Waals surface area (Å²) in [6.07, 6.45) is 0. The normalized spacial score (nSPS) is 14.7. The van der Waals surface area contributed by atoms with Crippen LogP contribution >= 0.6 is 0 Å². The van der Waals surface area contributed by atoms with Gasteiger partial charge in [0.1, 0.15) is 11.6 Å². The molecule has 33 heavy (non-hydrogen) atoms. The van der Waals surface area contributed by atoms with Crippen molar-refractivity contribution in [3.63, 3.8) is 0 Å². The lowest BCUT2D eigenvalue weighted by molar-refractivity contribution is 0.102. The Labute approximate surface area is 192 Å². The minimum absolute atomic E-state index is 0.0658. The Balaban J connectivity index is 1.45. The SMILES string of the molecule is COc1cccc(NC(=O)c2cccc(S(=O)(=O)N3CCN(c4ccc(F)cc4)CC3)c2)c1. The Hall–Kier alpha value is -3.43. The topological polar surface area (TPSA) is 78.9 Å². The molecule has 1 heterocycles. The fourth-order valence-corrected chi connectivity index (χ4v) is 5.16. The van der Waals surface area contributed by atoms with Gasteiger partial charge in [-0.05, 0) is 54.6 Å². The fourth-order valence-electron chi connectivity index (χ4n) is 3.69. The number of hydrogen-bond acceptors (Lipinski definition) is 5. The van der Waals surface area contributed by atoms with E-state index < -0.39 is 15.9 Å². The first-order valence-electron chi connectivity index (χ1n) is 10.4. The molecule has 1 aliphatic rings. The number of nitrogens with one attached hydrogen (secondary N) is 1. The van der Waals surface area contributed by atoms with E-state index in [9.17, 15) is 17.6 Å². The number of benzene rings is 3. The summed E-state index contributed by atoms with van der Waals surface area (Å²) in [5.74, 6) is -0.124. The minimum atomic E-state index is -3.77. The number of sulfonamides is 1. The molecule has 1 amide bonds. The summed E-state index contributed by atoms with van der Waals surface area (Å²) in [4.78, 5) is 14.8. The zero-order valence-corrected chi connectivity index (χ0v) is 18.9. The molecule has 1 N–H and O–H groups in total. The number of hydrogen-bond donors (Lipinski definition) is 1. The van der Waals surface area contributed by atoms with Gasteiger partial charge < -0.3 is 15.0 Å². The first-order chi connectivity index (χ1) is 15.9. The van der Waals surface area contributed by atoms with Crippen molar-refractivity contribution in [3.8, 4) is 5.75 Å². The van der Waals surface area contributed by atoms with Gasteiger partial charge in [-0.2, -0.15) is 4.31 Å². The molecule has 3 aromatic rings. The molecular formula is C24H24FN3O4S. The number of anilines is 2. The maximum atomic E-state index is 13.2. The molecule has 172 valence electrons. The monoisotopic (exact) mass is 469 g/mol. The zero-order valence-electron chi connectivity index (χ0n) is 18.1. The smallest absolute Gasteiger partial charge is 0.255 e. The van der Waals surface area contributed by atoms with E-state index in [1.807, 2.05) is 4.90 Å². The van der Waals surface area contributed by atoms with E-state index in [4.69, 9.17) is 4.74 Å². The molecule has 1 aliphatic heterocycles. The van der Waals surface area contributed by atoms with Gasteiger partial charge in [-0.1, -0.05) is 12.1 Å². The number of ether oxygens (including phenoxy) is 1. The summed E-state index contributed by atoms with van der Waals surface area (Å²) >= 11 is 0. The molecule has 0 aliphatic carbocycles. The Morgan fingerprint density at radius 3 is 2.33 bits per heavy atom. The zero-order chi connectivity index (χ0) is 23.4. The van der Waals surface area contributed by atoms with Gasteiger partial charge in [0.15, 0.2) is 0 Å². The van der Waals surface area contributed by atoms with Crippen molar-refractivity contribution in [2.45, 2.75) is 4.90 Å². The third-order valence-electron chi connectivity index (χ3n) is 5.49. The third kappa shape index (κ3) is 5.15. The molecule has 9 heteroatoms. The lowest BCUT2D eigenvalue weighted by Gasteiger charge is -2.35. The first-order valence-corrected chi connectivity index (χ1v) is 11.9. The molecule has 1 saturated heterocycles. The standard InChI is InChI=1S/C24H24FN3O4S/c1-32-22-6-3-5-20(17-22)26-24(29)18-4-2-7-23(16-18)33(30,31)28-14-12-27(13-15-28)21-10-8-19(25)9-11-21/h2-11,16-17H,12-15H2,1H3,(H,26,29). The van der Waals surface area contributed by atoms with E-state index in [2.05, 4.69) is 5.32 Å². The second kappa shape index (κ2) is 9.60. The van der Waals surface area contributed by atoms with Crippen molar-refractivity contribution >= 4 is 27.3 Å². The number of halogens is 1. The molecule has 3 aromatic carbocycles. The van der Waals surface area contributed by atoms with Gasteiger partial charge in [0.2, 0.25) is 10.0 Å². The van der Waals surface area contributed by atoms with E-state index in [0.717, 1.165) is 5.69 Å². The highest BCUT2D eigenvalue weighted by atomic mass is 32.2. The van der Waals surface area contributed by atoms with E-state index in [-0.39, 0.29) is 16.3 Å². The molecule has 4 rings (SSSR count). The van der Waals surface area contributed by atoms with Crippen molar-refractivity contribution in [2.75, 3.05) is 43.5 Å². The lowest BCUT2D eigenvalue weighted by atomic mass is 10.2. The molecule has 0 aromatic heterocycles. The molecule has 0 bridgehead atoms. The number of carbonyl (C=O) groups is 1. The highest BCUT2D eigenvalue weighted by Crippen LogP contribution is 2.23. The second-order valence-electron chi connectivity index (χ2n) is 7.58. The van der Waals surface area contributed by atoms with Crippen LogP contribution in [0.2, 0.25) is 0 Å². The van der Waals surface area contributed by atoms with Gasteiger partial charge in [-0.15, -0.1) is 0 Å². The number of piperazine rings is 1. The maximum Gasteiger partial charge on any atom is 0.255 e. The van der Waals surface area contributed by atoms with Crippen molar-refractivity contribution in [3.05, 3.63) is 84.2 Å². The third-order valence-corrected chi connectivity index (χ3v) is 7.39. The van der Waals surface area contributed by atoms with Crippen LogP contribution in [0.4, 0.5) is 15.8 Å². The van der Waals surface area contributed by atoms with Gasteiger partial charge in [0.05, 0.1) is 12.0 Å². The fraction of sp³-hybridized carbons (Fsp3) is 0.208. The average Bonchev–Trinajstić information content (AvgIpc) is 2.85.